The van der Waals surface area contributed by atoms with Gasteiger partial charge in [-0.15, -0.1) is 0 Å². The minimum atomic E-state index is -0.114. The van der Waals surface area contributed by atoms with Crippen molar-refractivity contribution in [2.24, 2.45) is 0 Å². The molecule has 0 aliphatic rings. The Kier molecular flexibility index (Phi) is 1.55. The van der Waals surface area contributed by atoms with Gasteiger partial charge in [-0.25, -0.2) is 4.98 Å². The summed E-state index contributed by atoms with van der Waals surface area (Å²) in [5.74, 6) is 0.461. The summed E-state index contributed by atoms with van der Waals surface area (Å²) in [5.41, 5.74) is 7.72. The average molecular weight is 175 g/mol. The van der Waals surface area contributed by atoms with Crippen LogP contribution in [0.3, 0.4) is 0 Å². The molecule has 66 valence electrons. The second kappa shape index (κ2) is 2.58. The van der Waals surface area contributed by atoms with E-state index in [4.69, 9.17) is 5.73 Å². The van der Waals surface area contributed by atoms with E-state index >= 15 is 0 Å². The van der Waals surface area contributed by atoms with E-state index in [0.717, 1.165) is 16.6 Å². The lowest BCUT2D eigenvalue weighted by Crippen LogP contribution is -2.06. The van der Waals surface area contributed by atoms with E-state index in [-0.39, 0.29) is 5.56 Å². The minimum absolute atomic E-state index is 0.114. The Bertz CT molecular complexity index is 516. The number of rotatable bonds is 0. The Hall–Kier alpha value is -1.84. The highest BCUT2D eigenvalue weighted by atomic mass is 16.1. The van der Waals surface area contributed by atoms with Crippen molar-refractivity contribution in [2.45, 2.75) is 6.92 Å². The largest absolute Gasteiger partial charge is 0.384 e. The van der Waals surface area contributed by atoms with E-state index in [1.807, 2.05) is 6.92 Å². The summed E-state index contributed by atoms with van der Waals surface area (Å²) >= 11 is 0. The van der Waals surface area contributed by atoms with Gasteiger partial charge in [-0.05, 0) is 24.6 Å². The summed E-state index contributed by atoms with van der Waals surface area (Å²) in [6, 6.07) is 4.93. The molecule has 0 atom stereocenters. The quantitative estimate of drug-likeness (QED) is 0.622. The third kappa shape index (κ3) is 1.26. The lowest BCUT2D eigenvalue weighted by atomic mass is 10.2. The van der Waals surface area contributed by atoms with Crippen LogP contribution in [0, 0.1) is 6.92 Å². The second-order valence-corrected chi connectivity index (χ2v) is 2.95. The van der Waals surface area contributed by atoms with Gasteiger partial charge in [0.2, 0.25) is 5.56 Å². The molecule has 0 saturated heterocycles. The highest BCUT2D eigenvalue weighted by Crippen LogP contribution is 2.12. The summed E-state index contributed by atoms with van der Waals surface area (Å²) < 4.78 is 0. The van der Waals surface area contributed by atoms with Gasteiger partial charge in [0.05, 0.1) is 11.0 Å². The maximum atomic E-state index is 11.1. The van der Waals surface area contributed by atoms with Crippen molar-refractivity contribution in [2.75, 3.05) is 5.73 Å². The molecule has 4 heteroatoms. The van der Waals surface area contributed by atoms with Crippen molar-refractivity contribution in [1.29, 1.82) is 0 Å². The van der Waals surface area contributed by atoms with Gasteiger partial charge in [0.25, 0.3) is 0 Å². The number of fused-ring (bicyclic) bond motifs is 1. The standard InChI is InChI=1S/C9H9N3O/c1-5-4-8(13)11-6-2-3-7(10)12-9(5)6/h2-4H,1H3,(H2,10,12)(H,11,13). The van der Waals surface area contributed by atoms with Gasteiger partial charge in [0, 0.05) is 6.07 Å². The monoisotopic (exact) mass is 175 g/mol. The zero-order chi connectivity index (χ0) is 9.42. The van der Waals surface area contributed by atoms with E-state index in [0.29, 0.717) is 5.82 Å². The minimum Gasteiger partial charge on any atom is -0.384 e. The molecule has 2 rings (SSSR count). The Morgan fingerprint density at radius 1 is 1.46 bits per heavy atom. The number of nitrogens with one attached hydrogen (secondary N) is 1. The van der Waals surface area contributed by atoms with Crippen molar-refractivity contribution in [3.63, 3.8) is 0 Å². The number of aryl methyl sites for hydroxylation is 1. The number of hydrogen-bond acceptors (Lipinski definition) is 3. The number of pyridine rings is 2. The molecule has 13 heavy (non-hydrogen) atoms. The van der Waals surface area contributed by atoms with Gasteiger partial charge >= 0.3 is 0 Å². The molecule has 0 aliphatic carbocycles. The van der Waals surface area contributed by atoms with Crippen molar-refractivity contribution in [3.05, 3.63) is 34.1 Å². The molecule has 0 aromatic carbocycles. The Morgan fingerprint density at radius 3 is 3.00 bits per heavy atom. The third-order valence-electron chi connectivity index (χ3n) is 1.90. The number of aromatic amines is 1. The zero-order valence-electron chi connectivity index (χ0n) is 7.16. The smallest absolute Gasteiger partial charge is 0.248 e. The van der Waals surface area contributed by atoms with Crippen LogP contribution in [0.5, 0.6) is 0 Å². The maximum absolute atomic E-state index is 11.1. The van der Waals surface area contributed by atoms with Crippen molar-refractivity contribution in [1.82, 2.24) is 9.97 Å². The van der Waals surface area contributed by atoms with Gasteiger partial charge in [-0.3, -0.25) is 4.79 Å². The van der Waals surface area contributed by atoms with Crippen LogP contribution in [0.4, 0.5) is 5.82 Å². The molecule has 0 amide bonds. The topological polar surface area (TPSA) is 71.8 Å². The van der Waals surface area contributed by atoms with Crippen molar-refractivity contribution in [3.8, 4) is 0 Å². The predicted molar refractivity (Wildman–Crippen MR) is 51.5 cm³/mol. The van der Waals surface area contributed by atoms with E-state index in [1.54, 1.807) is 12.1 Å². The van der Waals surface area contributed by atoms with Gasteiger partial charge in [-0.2, -0.15) is 0 Å². The van der Waals surface area contributed by atoms with Crippen molar-refractivity contribution >= 4 is 16.9 Å². The molecule has 0 bridgehead atoms. The normalized spacial score (nSPS) is 10.5. The Balaban J connectivity index is 2.95. The number of nitrogens with two attached hydrogens (primary N) is 1. The predicted octanol–water partition coefficient (Wildman–Crippen LogP) is 0.814. The number of aromatic nitrogens is 2. The van der Waals surface area contributed by atoms with Crippen LogP contribution in [0.2, 0.25) is 0 Å². The number of nitrogens with zero attached hydrogens (tertiary/aromatic N) is 1. The Labute approximate surface area is 74.4 Å². The first kappa shape index (κ1) is 7.79. The molecular formula is C9H9N3O. The number of anilines is 1. The summed E-state index contributed by atoms with van der Waals surface area (Å²) in [6.07, 6.45) is 0. The van der Waals surface area contributed by atoms with Crippen LogP contribution in [0.15, 0.2) is 23.0 Å². The summed E-state index contributed by atoms with van der Waals surface area (Å²) in [4.78, 5) is 17.9. The highest BCUT2D eigenvalue weighted by molar-refractivity contribution is 5.78. The lowest BCUT2D eigenvalue weighted by molar-refractivity contribution is 1.24. The van der Waals surface area contributed by atoms with Crippen LogP contribution >= 0.6 is 0 Å². The molecule has 2 heterocycles. The number of H-pyrrole nitrogens is 1. The van der Waals surface area contributed by atoms with Crippen LogP contribution < -0.4 is 11.3 Å². The summed E-state index contributed by atoms with van der Waals surface area (Å²) in [6.45, 7) is 1.84. The maximum Gasteiger partial charge on any atom is 0.248 e. The third-order valence-corrected chi connectivity index (χ3v) is 1.90. The number of hydrogen-bond donors (Lipinski definition) is 2. The van der Waals surface area contributed by atoms with E-state index < -0.39 is 0 Å². The molecular weight excluding hydrogens is 166 g/mol. The molecule has 4 nitrogen and oxygen atoms in total. The first-order chi connectivity index (χ1) is 6.16. The van der Waals surface area contributed by atoms with Crippen LogP contribution in [-0.4, -0.2) is 9.97 Å². The molecule has 2 aromatic rings. The lowest BCUT2D eigenvalue weighted by Gasteiger charge is -2.00. The molecule has 0 fully saturated rings. The van der Waals surface area contributed by atoms with E-state index in [9.17, 15) is 4.79 Å². The summed E-state index contributed by atoms with van der Waals surface area (Å²) in [7, 11) is 0. The van der Waals surface area contributed by atoms with Gasteiger partial charge in [0.1, 0.15) is 5.82 Å². The molecule has 2 aromatic heterocycles. The van der Waals surface area contributed by atoms with Crippen LogP contribution in [0.1, 0.15) is 5.56 Å². The molecule has 0 unspecified atom stereocenters. The highest BCUT2D eigenvalue weighted by Gasteiger charge is 2.00. The molecule has 3 N–H and O–H groups in total. The SMILES string of the molecule is Cc1cc(=O)[nH]c2ccc(N)nc12. The average Bonchev–Trinajstić information content (AvgIpc) is 2.06. The van der Waals surface area contributed by atoms with Gasteiger partial charge in [0.15, 0.2) is 0 Å². The van der Waals surface area contributed by atoms with Crippen LogP contribution in [-0.2, 0) is 0 Å². The fourth-order valence-corrected chi connectivity index (χ4v) is 1.31. The first-order valence-corrected chi connectivity index (χ1v) is 3.93. The first-order valence-electron chi connectivity index (χ1n) is 3.93. The summed E-state index contributed by atoms with van der Waals surface area (Å²) in [5, 5.41) is 0. The van der Waals surface area contributed by atoms with Gasteiger partial charge in [-0.1, -0.05) is 0 Å². The molecule has 0 spiro atoms. The fourth-order valence-electron chi connectivity index (χ4n) is 1.31. The van der Waals surface area contributed by atoms with E-state index in [2.05, 4.69) is 9.97 Å². The second-order valence-electron chi connectivity index (χ2n) is 2.95. The number of nitrogen functional groups attached to an aromatic ring is 1. The molecule has 0 aliphatic heterocycles. The van der Waals surface area contributed by atoms with Gasteiger partial charge < -0.3 is 10.7 Å². The zero-order valence-corrected chi connectivity index (χ0v) is 7.16. The van der Waals surface area contributed by atoms with Crippen molar-refractivity contribution < 1.29 is 0 Å². The van der Waals surface area contributed by atoms with E-state index in [1.165, 1.54) is 6.07 Å². The fraction of sp³-hybridized carbons (Fsp3) is 0.111. The molecule has 0 saturated carbocycles. The van der Waals surface area contributed by atoms with Crippen LogP contribution in [0.25, 0.3) is 11.0 Å². The Morgan fingerprint density at radius 2 is 2.23 bits per heavy atom. The molecule has 0 radical (unpaired) electrons.